The van der Waals surface area contributed by atoms with Crippen molar-refractivity contribution in [1.82, 2.24) is 0 Å². The normalized spacial score (nSPS) is 24.9. The van der Waals surface area contributed by atoms with E-state index < -0.39 is 0 Å². The molecule has 0 unspecified atom stereocenters. The Bertz CT molecular complexity index is 218. The molecule has 0 bridgehead atoms. The minimum absolute atomic E-state index is 0.197. The molecule has 1 rings (SSSR count). The van der Waals surface area contributed by atoms with Gasteiger partial charge in [-0.2, -0.15) is 11.8 Å². The third kappa shape index (κ3) is 3.74. The molecule has 1 saturated heterocycles. The fourth-order valence-corrected chi connectivity index (χ4v) is 3.21. The zero-order chi connectivity index (χ0) is 11.3. The molecule has 0 saturated carbocycles. The molecule has 4 nitrogen and oxygen atoms in total. The number of carbonyl (C=O) groups excluding carboxylic acids is 2. The van der Waals surface area contributed by atoms with Gasteiger partial charge in [0.1, 0.15) is 0 Å². The molecule has 0 radical (unpaired) electrons. The molecule has 0 spiro atoms. The molecular weight excluding hydrogens is 216 g/mol. The first-order chi connectivity index (χ1) is 7.17. The van der Waals surface area contributed by atoms with E-state index in [2.05, 4.69) is 9.47 Å². The summed E-state index contributed by atoms with van der Waals surface area (Å²) in [6.07, 6.45) is 0.816. The van der Waals surface area contributed by atoms with Crippen LogP contribution in [0.5, 0.6) is 0 Å². The summed E-state index contributed by atoms with van der Waals surface area (Å²) in [5.41, 5.74) is 0. The number of thioether (sulfide) groups is 1. The van der Waals surface area contributed by atoms with Gasteiger partial charge in [0.25, 0.3) is 0 Å². The number of methoxy groups -OCH3 is 2. The van der Waals surface area contributed by atoms with Crippen molar-refractivity contribution in [3.8, 4) is 0 Å². The number of carbonyl (C=O) groups is 2. The van der Waals surface area contributed by atoms with E-state index >= 15 is 0 Å². The molecular formula is C10H16O4S. The average Bonchev–Trinajstić information content (AvgIpc) is 2.65. The van der Waals surface area contributed by atoms with Crippen LogP contribution < -0.4 is 0 Å². The Morgan fingerprint density at radius 2 is 1.47 bits per heavy atom. The lowest BCUT2D eigenvalue weighted by Gasteiger charge is -2.15. The number of ether oxygens (including phenoxy) is 2. The lowest BCUT2D eigenvalue weighted by molar-refractivity contribution is -0.144. The molecule has 2 atom stereocenters. The summed E-state index contributed by atoms with van der Waals surface area (Å²) in [5.74, 6) is 1.96. The van der Waals surface area contributed by atoms with E-state index in [9.17, 15) is 9.59 Å². The van der Waals surface area contributed by atoms with Gasteiger partial charge in [0.05, 0.1) is 14.2 Å². The Labute approximate surface area is 93.7 Å². The van der Waals surface area contributed by atoms with Crippen LogP contribution in [0.1, 0.15) is 12.8 Å². The number of rotatable bonds is 4. The van der Waals surface area contributed by atoms with Gasteiger partial charge in [-0.05, 0) is 23.3 Å². The van der Waals surface area contributed by atoms with Gasteiger partial charge in [0.2, 0.25) is 0 Å². The molecule has 0 aromatic heterocycles. The number of esters is 2. The first kappa shape index (κ1) is 12.4. The molecule has 86 valence electrons. The van der Waals surface area contributed by atoms with Crippen molar-refractivity contribution in [2.75, 3.05) is 25.7 Å². The lowest BCUT2D eigenvalue weighted by Crippen LogP contribution is -2.20. The Balaban J connectivity index is 2.42. The second-order valence-corrected chi connectivity index (χ2v) is 4.69. The van der Waals surface area contributed by atoms with E-state index in [1.54, 1.807) is 11.8 Å². The molecule has 15 heavy (non-hydrogen) atoms. The smallest absolute Gasteiger partial charge is 0.305 e. The highest BCUT2D eigenvalue weighted by atomic mass is 32.2. The maximum atomic E-state index is 11.1. The third-order valence-corrected chi connectivity index (χ3v) is 3.97. The van der Waals surface area contributed by atoms with Crippen molar-refractivity contribution < 1.29 is 19.1 Å². The van der Waals surface area contributed by atoms with Crippen molar-refractivity contribution in [3.05, 3.63) is 0 Å². The predicted octanol–water partition coefficient (Wildman–Crippen LogP) is 1.09. The van der Waals surface area contributed by atoms with Crippen LogP contribution in [-0.2, 0) is 19.1 Å². The Hall–Kier alpha value is -0.710. The van der Waals surface area contributed by atoms with Crippen molar-refractivity contribution in [2.24, 2.45) is 11.8 Å². The predicted molar refractivity (Wildman–Crippen MR) is 57.6 cm³/mol. The van der Waals surface area contributed by atoms with Gasteiger partial charge in [-0.15, -0.1) is 0 Å². The van der Waals surface area contributed by atoms with E-state index in [4.69, 9.17) is 0 Å². The topological polar surface area (TPSA) is 52.6 Å². The molecule has 1 fully saturated rings. The van der Waals surface area contributed by atoms with Crippen LogP contribution >= 0.6 is 11.8 Å². The minimum atomic E-state index is -0.197. The standard InChI is InChI=1S/C10H16O4S/c1-13-9(11)3-7-5-15-6-8(7)4-10(12)14-2/h7-8H,3-6H2,1-2H3/t7-,8+. The van der Waals surface area contributed by atoms with Crippen LogP contribution in [0.2, 0.25) is 0 Å². The molecule has 1 aliphatic heterocycles. The van der Waals surface area contributed by atoms with Gasteiger partial charge in [0.15, 0.2) is 0 Å². The molecule has 5 heteroatoms. The average molecular weight is 232 g/mol. The fourth-order valence-electron chi connectivity index (χ4n) is 1.69. The van der Waals surface area contributed by atoms with Gasteiger partial charge in [-0.1, -0.05) is 0 Å². The van der Waals surface area contributed by atoms with Crippen LogP contribution in [0, 0.1) is 11.8 Å². The van der Waals surface area contributed by atoms with E-state index in [1.165, 1.54) is 14.2 Å². The van der Waals surface area contributed by atoms with Crippen LogP contribution in [-0.4, -0.2) is 37.7 Å². The van der Waals surface area contributed by atoms with Crippen LogP contribution in [0.4, 0.5) is 0 Å². The third-order valence-electron chi connectivity index (χ3n) is 2.64. The van der Waals surface area contributed by atoms with Gasteiger partial charge in [0, 0.05) is 12.8 Å². The van der Waals surface area contributed by atoms with Crippen molar-refractivity contribution >= 4 is 23.7 Å². The number of hydrogen-bond acceptors (Lipinski definition) is 5. The first-order valence-corrected chi connectivity index (χ1v) is 6.04. The summed E-state index contributed by atoms with van der Waals surface area (Å²) < 4.78 is 9.25. The second kappa shape index (κ2) is 6.00. The minimum Gasteiger partial charge on any atom is -0.469 e. The van der Waals surface area contributed by atoms with E-state index in [1.807, 2.05) is 0 Å². The highest BCUT2D eigenvalue weighted by Crippen LogP contribution is 2.34. The molecule has 0 aromatic carbocycles. The zero-order valence-corrected chi connectivity index (χ0v) is 9.84. The second-order valence-electron chi connectivity index (χ2n) is 3.62. The van der Waals surface area contributed by atoms with Gasteiger partial charge < -0.3 is 9.47 Å². The van der Waals surface area contributed by atoms with Crippen LogP contribution in [0.3, 0.4) is 0 Å². The van der Waals surface area contributed by atoms with Crippen LogP contribution in [0.25, 0.3) is 0 Å². The highest BCUT2D eigenvalue weighted by molar-refractivity contribution is 7.99. The van der Waals surface area contributed by atoms with Crippen LogP contribution in [0.15, 0.2) is 0 Å². The number of hydrogen-bond donors (Lipinski definition) is 0. The fraction of sp³-hybridized carbons (Fsp3) is 0.800. The summed E-state index contributed by atoms with van der Waals surface area (Å²) in [7, 11) is 2.78. The molecule has 0 amide bonds. The zero-order valence-electron chi connectivity index (χ0n) is 9.02. The molecule has 0 aliphatic carbocycles. The molecule has 0 aromatic rings. The summed E-state index contributed by atoms with van der Waals surface area (Å²) in [6, 6.07) is 0. The Kier molecular flexibility index (Phi) is 4.94. The lowest BCUT2D eigenvalue weighted by atomic mass is 9.90. The maximum Gasteiger partial charge on any atom is 0.305 e. The van der Waals surface area contributed by atoms with E-state index in [0.29, 0.717) is 12.8 Å². The monoisotopic (exact) mass is 232 g/mol. The Morgan fingerprint density at radius 1 is 1.07 bits per heavy atom. The summed E-state index contributed by atoms with van der Waals surface area (Å²) >= 11 is 1.78. The van der Waals surface area contributed by atoms with Gasteiger partial charge >= 0.3 is 11.9 Å². The summed E-state index contributed by atoms with van der Waals surface area (Å²) in [6.45, 7) is 0. The van der Waals surface area contributed by atoms with Crippen molar-refractivity contribution in [2.45, 2.75) is 12.8 Å². The molecule has 1 heterocycles. The summed E-state index contributed by atoms with van der Waals surface area (Å²) in [5, 5.41) is 0. The molecule has 1 aliphatic rings. The van der Waals surface area contributed by atoms with Crippen molar-refractivity contribution in [3.63, 3.8) is 0 Å². The quantitative estimate of drug-likeness (QED) is 0.679. The van der Waals surface area contributed by atoms with E-state index in [0.717, 1.165) is 11.5 Å². The highest BCUT2D eigenvalue weighted by Gasteiger charge is 2.31. The molecule has 0 N–H and O–H groups in total. The largest absolute Gasteiger partial charge is 0.469 e. The Morgan fingerprint density at radius 3 is 1.80 bits per heavy atom. The van der Waals surface area contributed by atoms with Gasteiger partial charge in [-0.3, -0.25) is 9.59 Å². The van der Waals surface area contributed by atoms with E-state index in [-0.39, 0.29) is 23.8 Å². The SMILES string of the molecule is COC(=O)C[C@H]1CSC[C@H]1CC(=O)OC. The van der Waals surface area contributed by atoms with Gasteiger partial charge in [-0.25, -0.2) is 0 Å². The summed E-state index contributed by atoms with van der Waals surface area (Å²) in [4.78, 5) is 22.2. The first-order valence-electron chi connectivity index (χ1n) is 4.88. The van der Waals surface area contributed by atoms with Crippen molar-refractivity contribution in [1.29, 1.82) is 0 Å². The maximum absolute atomic E-state index is 11.1.